The molecule has 2 aromatic carbocycles. The van der Waals surface area contributed by atoms with Crippen molar-refractivity contribution in [2.75, 3.05) is 6.54 Å². The molecule has 0 radical (unpaired) electrons. The fourth-order valence-corrected chi connectivity index (χ4v) is 3.02. The Hall–Kier alpha value is -2.37. The van der Waals surface area contributed by atoms with E-state index in [1.54, 1.807) is 37.3 Å². The molecule has 3 aromatic rings. The molecule has 7 heteroatoms. The Bertz CT molecular complexity index is 956. The first-order chi connectivity index (χ1) is 12.4. The highest BCUT2D eigenvalue weighted by Gasteiger charge is 2.12. The van der Waals surface area contributed by atoms with E-state index in [1.165, 1.54) is 6.07 Å². The Morgan fingerprint density at radius 3 is 2.73 bits per heavy atom. The van der Waals surface area contributed by atoms with E-state index < -0.39 is 0 Å². The summed E-state index contributed by atoms with van der Waals surface area (Å²) in [6.07, 6.45) is 0.583. The van der Waals surface area contributed by atoms with E-state index in [9.17, 15) is 9.18 Å². The summed E-state index contributed by atoms with van der Waals surface area (Å²) in [5.41, 5.74) is 3.09. The van der Waals surface area contributed by atoms with Crippen LogP contribution < -0.4 is 5.32 Å². The lowest BCUT2D eigenvalue weighted by atomic mass is 10.1. The second kappa shape index (κ2) is 7.89. The van der Waals surface area contributed by atoms with E-state index in [-0.39, 0.29) is 11.7 Å². The van der Waals surface area contributed by atoms with Crippen molar-refractivity contribution in [1.29, 1.82) is 0 Å². The summed E-state index contributed by atoms with van der Waals surface area (Å²) in [7, 11) is 0. The van der Waals surface area contributed by atoms with Crippen LogP contribution in [0.2, 0.25) is 10.0 Å². The van der Waals surface area contributed by atoms with Gasteiger partial charge in [-0.1, -0.05) is 29.3 Å². The van der Waals surface area contributed by atoms with Crippen LogP contribution in [0, 0.1) is 12.7 Å². The molecule has 0 spiro atoms. The van der Waals surface area contributed by atoms with Crippen LogP contribution in [-0.2, 0) is 6.42 Å². The largest absolute Gasteiger partial charge is 0.350 e. The molecule has 0 bridgehead atoms. The second-order valence-electron chi connectivity index (χ2n) is 5.87. The fourth-order valence-electron chi connectivity index (χ4n) is 2.52. The Kier molecular flexibility index (Phi) is 5.59. The summed E-state index contributed by atoms with van der Waals surface area (Å²) in [4.78, 5) is 12.2. The zero-order valence-electron chi connectivity index (χ0n) is 13.9. The van der Waals surface area contributed by atoms with Crippen molar-refractivity contribution in [3.63, 3.8) is 0 Å². The maximum absolute atomic E-state index is 13.4. The predicted octanol–water partition coefficient (Wildman–Crippen LogP) is 4.80. The van der Waals surface area contributed by atoms with Gasteiger partial charge in [-0.15, -0.1) is 0 Å². The molecule has 0 saturated heterocycles. The summed E-state index contributed by atoms with van der Waals surface area (Å²) < 4.78 is 13.4. The molecule has 4 nitrogen and oxygen atoms in total. The Labute approximate surface area is 160 Å². The molecular formula is C19H16Cl2FN3O. The molecule has 0 aliphatic rings. The lowest BCUT2D eigenvalue weighted by molar-refractivity contribution is 0.0949. The van der Waals surface area contributed by atoms with Crippen molar-refractivity contribution in [3.8, 4) is 11.3 Å². The number of aromatic amines is 1. The molecule has 0 aliphatic heterocycles. The molecular weight excluding hydrogens is 376 g/mol. The summed E-state index contributed by atoms with van der Waals surface area (Å²) in [5, 5.41) is 10.8. The third-order valence-electron chi connectivity index (χ3n) is 3.97. The van der Waals surface area contributed by atoms with Gasteiger partial charge in [-0.3, -0.25) is 9.89 Å². The average molecular weight is 392 g/mol. The maximum atomic E-state index is 13.4. The summed E-state index contributed by atoms with van der Waals surface area (Å²) >= 11 is 12.0. The van der Waals surface area contributed by atoms with Crippen molar-refractivity contribution < 1.29 is 9.18 Å². The van der Waals surface area contributed by atoms with Gasteiger partial charge in [0.05, 0.1) is 5.69 Å². The van der Waals surface area contributed by atoms with E-state index in [0.717, 1.165) is 11.1 Å². The molecule has 1 amide bonds. The number of halogens is 3. The Morgan fingerprint density at radius 2 is 2.00 bits per heavy atom. The maximum Gasteiger partial charge on any atom is 0.269 e. The highest BCUT2D eigenvalue weighted by Crippen LogP contribution is 2.22. The van der Waals surface area contributed by atoms with Crippen LogP contribution >= 0.6 is 23.2 Å². The molecule has 0 saturated carbocycles. The lowest BCUT2D eigenvalue weighted by Crippen LogP contribution is -2.26. The Morgan fingerprint density at radius 1 is 1.19 bits per heavy atom. The number of carbonyl (C=O) groups excluding carboxylic acids is 1. The van der Waals surface area contributed by atoms with Crippen molar-refractivity contribution in [3.05, 3.63) is 75.1 Å². The molecule has 2 N–H and O–H groups in total. The molecule has 0 fully saturated rings. The number of hydrogen-bond acceptors (Lipinski definition) is 2. The monoisotopic (exact) mass is 391 g/mol. The first-order valence-electron chi connectivity index (χ1n) is 7.98. The third kappa shape index (κ3) is 4.23. The van der Waals surface area contributed by atoms with Gasteiger partial charge in [0, 0.05) is 22.2 Å². The number of rotatable bonds is 5. The van der Waals surface area contributed by atoms with Gasteiger partial charge < -0.3 is 5.32 Å². The van der Waals surface area contributed by atoms with Gasteiger partial charge in [0.15, 0.2) is 0 Å². The lowest BCUT2D eigenvalue weighted by Gasteiger charge is -2.06. The van der Waals surface area contributed by atoms with Gasteiger partial charge in [0.1, 0.15) is 11.5 Å². The number of benzene rings is 2. The van der Waals surface area contributed by atoms with E-state index in [4.69, 9.17) is 23.2 Å². The summed E-state index contributed by atoms with van der Waals surface area (Å²) in [6, 6.07) is 11.6. The minimum absolute atomic E-state index is 0.271. The zero-order valence-corrected chi connectivity index (χ0v) is 15.5. The zero-order chi connectivity index (χ0) is 18.7. The van der Waals surface area contributed by atoms with E-state index >= 15 is 0 Å². The van der Waals surface area contributed by atoms with Crippen molar-refractivity contribution in [1.82, 2.24) is 15.5 Å². The topological polar surface area (TPSA) is 57.8 Å². The van der Waals surface area contributed by atoms with Gasteiger partial charge >= 0.3 is 0 Å². The van der Waals surface area contributed by atoms with Gasteiger partial charge in [0.2, 0.25) is 0 Å². The van der Waals surface area contributed by atoms with Crippen molar-refractivity contribution in [2.24, 2.45) is 0 Å². The van der Waals surface area contributed by atoms with Crippen LogP contribution in [0.25, 0.3) is 11.3 Å². The van der Waals surface area contributed by atoms with Crippen LogP contribution in [0.15, 0.2) is 42.5 Å². The van der Waals surface area contributed by atoms with Crippen LogP contribution in [0.3, 0.4) is 0 Å². The van der Waals surface area contributed by atoms with Crippen LogP contribution in [0.5, 0.6) is 0 Å². The van der Waals surface area contributed by atoms with E-state index in [1.807, 2.05) is 6.07 Å². The smallest absolute Gasteiger partial charge is 0.269 e. The molecule has 134 valence electrons. The van der Waals surface area contributed by atoms with Gasteiger partial charge in [-0.05, 0) is 60.9 Å². The number of nitrogens with zero attached hydrogens (tertiary/aromatic N) is 1. The third-order valence-corrected chi connectivity index (χ3v) is 4.56. The highest BCUT2D eigenvalue weighted by atomic mass is 35.5. The van der Waals surface area contributed by atoms with Gasteiger partial charge in [0.25, 0.3) is 5.91 Å². The summed E-state index contributed by atoms with van der Waals surface area (Å²) in [6.45, 7) is 2.10. The molecule has 0 unspecified atom stereocenters. The van der Waals surface area contributed by atoms with Gasteiger partial charge in [-0.25, -0.2) is 4.39 Å². The molecule has 0 aliphatic carbocycles. The molecule has 3 rings (SSSR count). The SMILES string of the molecule is Cc1cc(-c2cc(C(=O)NCCc3ccc(Cl)cc3Cl)[nH]n2)ccc1F. The molecule has 0 atom stereocenters. The predicted molar refractivity (Wildman–Crippen MR) is 101 cm³/mol. The second-order valence-corrected chi connectivity index (χ2v) is 6.72. The number of aromatic nitrogens is 2. The average Bonchev–Trinajstić information content (AvgIpc) is 3.09. The molecule has 26 heavy (non-hydrogen) atoms. The number of carbonyl (C=O) groups is 1. The van der Waals surface area contributed by atoms with Crippen molar-refractivity contribution >= 4 is 29.1 Å². The quantitative estimate of drug-likeness (QED) is 0.655. The van der Waals surface area contributed by atoms with E-state index in [2.05, 4.69) is 15.5 Å². The van der Waals surface area contributed by atoms with Crippen LogP contribution in [0.1, 0.15) is 21.6 Å². The minimum atomic E-state index is -0.275. The standard InChI is InChI=1S/C19H16Cl2FN3O/c1-11-8-13(3-5-16(11)22)17-10-18(25-24-17)19(26)23-7-6-12-2-4-14(20)9-15(12)21/h2-5,8-10H,6-7H2,1H3,(H,23,26)(H,24,25). The fraction of sp³-hybridized carbons (Fsp3) is 0.158. The number of hydrogen-bond donors (Lipinski definition) is 2. The highest BCUT2D eigenvalue weighted by molar-refractivity contribution is 6.35. The number of H-pyrrole nitrogens is 1. The number of nitrogens with one attached hydrogen (secondary N) is 2. The van der Waals surface area contributed by atoms with E-state index in [0.29, 0.717) is 40.0 Å². The van der Waals surface area contributed by atoms with Gasteiger partial charge in [-0.2, -0.15) is 5.10 Å². The Balaban J connectivity index is 1.62. The van der Waals surface area contributed by atoms with Crippen LogP contribution in [0.4, 0.5) is 4.39 Å². The molecule has 1 heterocycles. The minimum Gasteiger partial charge on any atom is -0.350 e. The summed E-state index contributed by atoms with van der Waals surface area (Å²) in [5.74, 6) is -0.546. The first kappa shape index (κ1) is 18.4. The molecule has 1 aromatic heterocycles. The number of aryl methyl sites for hydroxylation is 1. The number of amides is 1. The van der Waals surface area contributed by atoms with Crippen molar-refractivity contribution in [2.45, 2.75) is 13.3 Å². The first-order valence-corrected chi connectivity index (χ1v) is 8.73. The van der Waals surface area contributed by atoms with Crippen LogP contribution in [-0.4, -0.2) is 22.6 Å². The normalized spacial score (nSPS) is 10.8.